The van der Waals surface area contributed by atoms with Gasteiger partial charge in [0, 0.05) is 6.54 Å². The van der Waals surface area contributed by atoms with E-state index < -0.39 is 29.9 Å². The monoisotopic (exact) mass is 493 g/mol. The van der Waals surface area contributed by atoms with Crippen LogP contribution in [0.5, 0.6) is 0 Å². The Morgan fingerprint density at radius 1 is 0.944 bits per heavy atom. The van der Waals surface area contributed by atoms with Gasteiger partial charge in [0.1, 0.15) is 6.04 Å². The van der Waals surface area contributed by atoms with Crippen LogP contribution >= 0.6 is 0 Å². The molecule has 36 heavy (non-hydrogen) atoms. The summed E-state index contributed by atoms with van der Waals surface area (Å²) in [5, 5.41) is 15.5. The molecule has 0 aliphatic carbocycles. The van der Waals surface area contributed by atoms with Gasteiger partial charge in [-0.25, -0.2) is 0 Å². The number of nitrogens with two attached hydrogens (primary N) is 2. The lowest BCUT2D eigenvalue weighted by molar-refractivity contribution is -0.132. The molecule has 2 aromatic rings. The number of Topliss-reactive ketones (excluding diaryl/α,β-unsaturated/α-hetero) is 1. The Morgan fingerprint density at radius 3 is 2.14 bits per heavy atom. The van der Waals surface area contributed by atoms with Crippen LogP contribution in [0.3, 0.4) is 0 Å². The van der Waals surface area contributed by atoms with Crippen molar-refractivity contribution in [3.8, 4) is 0 Å². The molecule has 2 aromatic carbocycles. The summed E-state index contributed by atoms with van der Waals surface area (Å²) < 4.78 is 0. The maximum Gasteiger partial charge on any atom is 0.243 e. The summed E-state index contributed by atoms with van der Waals surface area (Å²) >= 11 is 0. The standard InChI is InChI=1S/C27H37N6O3/c1-18(2)24(33-25(35)21(28)16-19-10-5-3-6-11-19)26(36)32-22(14-9-15-31-27(29)30)23(34)17-20-12-7-4-8-13-20/h3-8,10-13,17-18,21-22,24H,9,14-16,28H2,1-2H3,(H,32,36)(H,33,35)(H4,29,30,31)/t21-,22-,24-/m0/s1. The second-order valence-electron chi connectivity index (χ2n) is 9.03. The highest BCUT2D eigenvalue weighted by atomic mass is 16.2. The van der Waals surface area contributed by atoms with Crippen LogP contribution in [-0.4, -0.2) is 48.2 Å². The van der Waals surface area contributed by atoms with Crippen LogP contribution in [0.25, 0.3) is 0 Å². The maximum absolute atomic E-state index is 13.2. The molecule has 0 aliphatic rings. The van der Waals surface area contributed by atoms with Crippen molar-refractivity contribution in [2.45, 2.75) is 51.2 Å². The number of amides is 2. The van der Waals surface area contributed by atoms with Gasteiger partial charge in [-0.3, -0.25) is 19.8 Å². The maximum atomic E-state index is 13.2. The van der Waals surface area contributed by atoms with Gasteiger partial charge in [-0.2, -0.15) is 0 Å². The van der Waals surface area contributed by atoms with Crippen molar-refractivity contribution in [3.05, 3.63) is 78.2 Å². The van der Waals surface area contributed by atoms with E-state index >= 15 is 0 Å². The molecular weight excluding hydrogens is 456 g/mol. The molecule has 9 nitrogen and oxygen atoms in total. The summed E-state index contributed by atoms with van der Waals surface area (Å²) in [5.74, 6) is -1.54. The fourth-order valence-electron chi connectivity index (χ4n) is 3.65. The van der Waals surface area contributed by atoms with E-state index in [9.17, 15) is 14.4 Å². The first-order chi connectivity index (χ1) is 17.2. The third-order valence-corrected chi connectivity index (χ3v) is 5.64. The molecule has 0 saturated carbocycles. The van der Waals surface area contributed by atoms with E-state index in [1.807, 2.05) is 62.4 Å². The molecule has 1 radical (unpaired) electrons. The van der Waals surface area contributed by atoms with Gasteiger partial charge >= 0.3 is 0 Å². The molecule has 0 bridgehead atoms. The Balaban J connectivity index is 2.05. The second-order valence-corrected chi connectivity index (χ2v) is 9.03. The molecule has 0 fully saturated rings. The van der Waals surface area contributed by atoms with E-state index in [1.54, 1.807) is 12.1 Å². The molecule has 2 amide bonds. The predicted molar refractivity (Wildman–Crippen MR) is 141 cm³/mol. The van der Waals surface area contributed by atoms with Gasteiger partial charge in [-0.1, -0.05) is 74.5 Å². The largest absolute Gasteiger partial charge is 0.370 e. The second kappa shape index (κ2) is 14.6. The van der Waals surface area contributed by atoms with Gasteiger partial charge in [-0.05, 0) is 36.3 Å². The lowest BCUT2D eigenvalue weighted by atomic mass is 9.97. The number of hydrogen-bond donors (Lipinski definition) is 6. The molecule has 0 spiro atoms. The average molecular weight is 494 g/mol. The summed E-state index contributed by atoms with van der Waals surface area (Å²) in [7, 11) is 0. The Hall–Kier alpha value is -3.72. The number of carbonyl (C=O) groups excluding carboxylic acids is 3. The summed E-state index contributed by atoms with van der Waals surface area (Å²) in [5.41, 5.74) is 13.1. The number of carbonyl (C=O) groups is 3. The highest BCUT2D eigenvalue weighted by Gasteiger charge is 2.30. The fraction of sp³-hybridized carbons (Fsp3) is 0.370. The van der Waals surface area contributed by atoms with E-state index in [0.29, 0.717) is 25.8 Å². The summed E-state index contributed by atoms with van der Waals surface area (Å²) in [4.78, 5) is 39.0. The number of benzene rings is 2. The minimum atomic E-state index is -0.860. The van der Waals surface area contributed by atoms with Crippen molar-refractivity contribution in [2.75, 3.05) is 6.54 Å². The molecular formula is C27H37N6O3. The van der Waals surface area contributed by atoms with Crippen LogP contribution < -0.4 is 27.4 Å². The van der Waals surface area contributed by atoms with Crippen molar-refractivity contribution < 1.29 is 14.4 Å². The first-order valence-corrected chi connectivity index (χ1v) is 12.1. The van der Waals surface area contributed by atoms with Crippen molar-refractivity contribution in [1.82, 2.24) is 16.0 Å². The molecule has 0 aliphatic heterocycles. The number of hydrogen-bond acceptors (Lipinski definition) is 5. The van der Waals surface area contributed by atoms with Crippen LogP contribution in [0.15, 0.2) is 60.7 Å². The molecule has 0 saturated heterocycles. The summed E-state index contributed by atoms with van der Waals surface area (Å²) in [6.45, 7) is 4.02. The van der Waals surface area contributed by atoms with Gasteiger partial charge in [-0.15, -0.1) is 0 Å². The van der Waals surface area contributed by atoms with E-state index in [2.05, 4.69) is 16.0 Å². The first-order valence-electron chi connectivity index (χ1n) is 12.1. The first kappa shape index (κ1) is 28.5. The van der Waals surface area contributed by atoms with Crippen molar-refractivity contribution in [1.29, 1.82) is 5.41 Å². The van der Waals surface area contributed by atoms with Crippen LogP contribution in [0.2, 0.25) is 0 Å². The minimum absolute atomic E-state index is 0.160. The number of ketones is 1. The zero-order valence-electron chi connectivity index (χ0n) is 20.9. The van der Waals surface area contributed by atoms with Crippen LogP contribution in [0, 0.1) is 17.7 Å². The average Bonchev–Trinajstić information content (AvgIpc) is 2.84. The lowest BCUT2D eigenvalue weighted by Gasteiger charge is -2.26. The molecule has 0 aromatic heterocycles. The number of rotatable bonds is 14. The van der Waals surface area contributed by atoms with Gasteiger partial charge in [0.25, 0.3) is 0 Å². The van der Waals surface area contributed by atoms with Crippen LogP contribution in [0.4, 0.5) is 0 Å². The molecule has 0 heterocycles. The third-order valence-electron chi connectivity index (χ3n) is 5.64. The highest BCUT2D eigenvalue weighted by Crippen LogP contribution is 2.11. The fourth-order valence-corrected chi connectivity index (χ4v) is 3.65. The highest BCUT2D eigenvalue weighted by molar-refractivity contribution is 5.98. The molecule has 3 atom stereocenters. The summed E-state index contributed by atoms with van der Waals surface area (Å²) in [6.07, 6.45) is 2.66. The Morgan fingerprint density at radius 2 is 1.56 bits per heavy atom. The van der Waals surface area contributed by atoms with Gasteiger partial charge in [0.2, 0.25) is 11.8 Å². The van der Waals surface area contributed by atoms with Gasteiger partial charge in [0.05, 0.1) is 18.5 Å². The van der Waals surface area contributed by atoms with E-state index in [4.69, 9.17) is 16.9 Å². The van der Waals surface area contributed by atoms with Crippen molar-refractivity contribution in [3.63, 3.8) is 0 Å². The van der Waals surface area contributed by atoms with E-state index in [1.165, 1.54) is 6.42 Å². The molecule has 2 rings (SSSR count). The van der Waals surface area contributed by atoms with Crippen LogP contribution in [-0.2, 0) is 20.8 Å². The molecule has 9 heteroatoms. The van der Waals surface area contributed by atoms with E-state index in [0.717, 1.165) is 11.1 Å². The SMILES string of the molecule is CC(C)[C@H](NC(=O)[C@@H](N)Cc1ccccc1)C(=O)N[C@@H](CCCNC(=N)N)C(=O)[CH]c1ccccc1. The normalized spacial score (nSPS) is 13.3. The Kier molecular flexibility index (Phi) is 11.6. The topological polar surface area (TPSA) is 163 Å². The van der Waals surface area contributed by atoms with Crippen molar-refractivity contribution >= 4 is 23.6 Å². The predicted octanol–water partition coefficient (Wildman–Crippen LogP) is 1.27. The Labute approximate surface area is 212 Å². The van der Waals surface area contributed by atoms with Crippen LogP contribution in [0.1, 0.15) is 37.8 Å². The zero-order chi connectivity index (χ0) is 26.5. The quantitative estimate of drug-likeness (QED) is 0.132. The molecule has 193 valence electrons. The zero-order valence-corrected chi connectivity index (χ0v) is 20.9. The summed E-state index contributed by atoms with van der Waals surface area (Å²) in [6, 6.07) is 16.1. The Bertz CT molecular complexity index is 997. The lowest BCUT2D eigenvalue weighted by Crippen LogP contribution is -2.56. The number of nitrogens with one attached hydrogen (secondary N) is 4. The van der Waals surface area contributed by atoms with Gasteiger partial charge < -0.3 is 27.4 Å². The van der Waals surface area contributed by atoms with Gasteiger partial charge in [0.15, 0.2) is 11.7 Å². The van der Waals surface area contributed by atoms with Crippen molar-refractivity contribution in [2.24, 2.45) is 17.4 Å². The molecule has 8 N–H and O–H groups in total. The number of guanidine groups is 1. The van der Waals surface area contributed by atoms with E-state index in [-0.39, 0.29) is 17.7 Å². The molecule has 0 unspecified atom stereocenters. The minimum Gasteiger partial charge on any atom is -0.370 e. The third kappa shape index (κ3) is 9.87. The smallest absolute Gasteiger partial charge is 0.243 e.